The maximum atomic E-state index is 4.61. The Kier molecular flexibility index (Phi) is 4.36. The van der Waals surface area contributed by atoms with Gasteiger partial charge in [-0.25, -0.2) is 0 Å². The van der Waals surface area contributed by atoms with Crippen LogP contribution in [0.3, 0.4) is 0 Å². The lowest BCUT2D eigenvalue weighted by molar-refractivity contribution is 0.278. The van der Waals surface area contributed by atoms with Crippen LogP contribution in [0, 0.1) is 0 Å². The van der Waals surface area contributed by atoms with Gasteiger partial charge in [-0.1, -0.05) is 36.0 Å². The Morgan fingerprint density at radius 2 is 2.18 bits per heavy atom. The van der Waals surface area contributed by atoms with Gasteiger partial charge in [0.1, 0.15) is 0 Å². The number of hydrogen-bond donors (Lipinski definition) is 0. The Bertz CT molecular complexity index is 433. The van der Waals surface area contributed by atoms with E-state index in [0.29, 0.717) is 6.04 Å². The Morgan fingerprint density at radius 1 is 1.35 bits per heavy atom. The van der Waals surface area contributed by atoms with Crippen LogP contribution < -0.4 is 0 Å². The summed E-state index contributed by atoms with van der Waals surface area (Å²) in [6, 6.07) is 9.45. The van der Waals surface area contributed by atoms with Gasteiger partial charge in [0.25, 0.3) is 0 Å². The van der Waals surface area contributed by atoms with E-state index in [9.17, 15) is 0 Å². The molecule has 1 aromatic carbocycles. The molecule has 1 atom stereocenters. The Balaban J connectivity index is 0.00000108. The molecular formula is C13H17IN2S. The van der Waals surface area contributed by atoms with Crippen molar-refractivity contribution in [2.75, 3.05) is 19.3 Å². The SMILES string of the molecule is CSC1=NCCC2c3ccccc3CCN12.I. The number of nitrogens with zero attached hydrogens (tertiary/aromatic N) is 2. The average molecular weight is 360 g/mol. The first-order valence-corrected chi connectivity index (χ1v) is 7.05. The molecule has 0 aliphatic carbocycles. The molecule has 17 heavy (non-hydrogen) atoms. The van der Waals surface area contributed by atoms with Crippen molar-refractivity contribution in [2.24, 2.45) is 4.99 Å². The zero-order chi connectivity index (χ0) is 11.0. The summed E-state index contributed by atoms with van der Waals surface area (Å²) >= 11 is 1.78. The van der Waals surface area contributed by atoms with Gasteiger partial charge >= 0.3 is 0 Å². The van der Waals surface area contributed by atoms with Crippen molar-refractivity contribution in [1.29, 1.82) is 0 Å². The van der Waals surface area contributed by atoms with Gasteiger partial charge in [-0.15, -0.1) is 24.0 Å². The number of benzene rings is 1. The van der Waals surface area contributed by atoms with Gasteiger partial charge in [0.2, 0.25) is 0 Å². The molecule has 0 saturated heterocycles. The molecule has 4 heteroatoms. The van der Waals surface area contributed by atoms with E-state index in [1.807, 2.05) is 0 Å². The molecular weight excluding hydrogens is 343 g/mol. The van der Waals surface area contributed by atoms with E-state index in [2.05, 4.69) is 40.4 Å². The van der Waals surface area contributed by atoms with Crippen molar-refractivity contribution in [2.45, 2.75) is 18.9 Å². The standard InChI is InChI=1S/C13H16N2S.HI/c1-16-13-14-8-6-12-11-5-3-2-4-10(11)7-9-15(12)13;/h2-5,12H,6-9H2,1H3;1H. The molecule has 0 saturated carbocycles. The minimum absolute atomic E-state index is 0. The van der Waals surface area contributed by atoms with E-state index < -0.39 is 0 Å². The summed E-state index contributed by atoms with van der Waals surface area (Å²) in [5, 5.41) is 1.23. The molecule has 0 bridgehead atoms. The first-order valence-electron chi connectivity index (χ1n) is 5.83. The van der Waals surface area contributed by atoms with Gasteiger partial charge < -0.3 is 4.90 Å². The van der Waals surface area contributed by atoms with Crippen molar-refractivity contribution in [3.63, 3.8) is 0 Å². The second-order valence-electron chi connectivity index (χ2n) is 4.32. The smallest absolute Gasteiger partial charge is 0.159 e. The minimum atomic E-state index is 0. The first-order chi connectivity index (χ1) is 7.90. The first kappa shape index (κ1) is 13.2. The molecule has 1 aromatic rings. The summed E-state index contributed by atoms with van der Waals surface area (Å²) in [7, 11) is 0. The van der Waals surface area contributed by atoms with Gasteiger partial charge in [-0.05, 0) is 30.2 Å². The van der Waals surface area contributed by atoms with Crippen LogP contribution in [-0.2, 0) is 6.42 Å². The second-order valence-corrected chi connectivity index (χ2v) is 5.09. The van der Waals surface area contributed by atoms with Crippen LogP contribution in [0.15, 0.2) is 29.3 Å². The molecule has 0 amide bonds. The molecule has 1 unspecified atom stereocenters. The molecule has 0 N–H and O–H groups in total. The monoisotopic (exact) mass is 360 g/mol. The lowest BCUT2D eigenvalue weighted by Crippen LogP contribution is -2.41. The van der Waals surface area contributed by atoms with Crippen molar-refractivity contribution in [3.05, 3.63) is 35.4 Å². The second kappa shape index (κ2) is 5.61. The van der Waals surface area contributed by atoms with E-state index in [1.54, 1.807) is 11.8 Å². The summed E-state index contributed by atoms with van der Waals surface area (Å²) in [6.45, 7) is 2.10. The quantitative estimate of drug-likeness (QED) is 0.660. The normalized spacial score (nSPS) is 22.1. The van der Waals surface area contributed by atoms with Gasteiger partial charge in [-0.3, -0.25) is 4.99 Å². The molecule has 0 spiro atoms. The molecule has 2 heterocycles. The predicted octanol–water partition coefficient (Wildman–Crippen LogP) is 3.33. The fourth-order valence-corrected chi connectivity index (χ4v) is 3.42. The number of halogens is 1. The Hall–Kier alpha value is -0.230. The van der Waals surface area contributed by atoms with Crippen LogP contribution in [0.4, 0.5) is 0 Å². The topological polar surface area (TPSA) is 15.6 Å². The van der Waals surface area contributed by atoms with Gasteiger partial charge in [-0.2, -0.15) is 0 Å². The number of amidine groups is 1. The molecule has 2 aliphatic heterocycles. The lowest BCUT2D eigenvalue weighted by atomic mass is 9.90. The molecule has 0 aromatic heterocycles. The van der Waals surface area contributed by atoms with Gasteiger partial charge in [0.15, 0.2) is 5.17 Å². The third-order valence-electron chi connectivity index (χ3n) is 3.49. The van der Waals surface area contributed by atoms with Gasteiger partial charge in [0, 0.05) is 13.1 Å². The van der Waals surface area contributed by atoms with E-state index in [4.69, 9.17) is 0 Å². The van der Waals surface area contributed by atoms with E-state index in [-0.39, 0.29) is 24.0 Å². The fourth-order valence-electron chi connectivity index (χ4n) is 2.75. The molecule has 0 fully saturated rings. The summed E-state index contributed by atoms with van der Waals surface area (Å²) in [6.07, 6.45) is 4.45. The number of hydrogen-bond acceptors (Lipinski definition) is 3. The van der Waals surface area contributed by atoms with Crippen molar-refractivity contribution >= 4 is 40.9 Å². The Labute approximate surface area is 124 Å². The predicted molar refractivity (Wildman–Crippen MR) is 85.4 cm³/mol. The maximum Gasteiger partial charge on any atom is 0.159 e. The molecule has 2 aliphatic rings. The van der Waals surface area contributed by atoms with Crippen LogP contribution in [0.1, 0.15) is 23.6 Å². The third kappa shape index (κ3) is 2.34. The number of aliphatic imine (C=N–C) groups is 1. The number of fused-ring (bicyclic) bond motifs is 3. The highest BCUT2D eigenvalue weighted by molar-refractivity contribution is 14.0. The summed E-state index contributed by atoms with van der Waals surface area (Å²) in [4.78, 5) is 7.09. The van der Waals surface area contributed by atoms with Crippen LogP contribution in [-0.4, -0.2) is 29.4 Å². The Morgan fingerprint density at radius 3 is 3.00 bits per heavy atom. The van der Waals surface area contributed by atoms with Crippen LogP contribution in [0.25, 0.3) is 0 Å². The number of thioether (sulfide) groups is 1. The highest BCUT2D eigenvalue weighted by Gasteiger charge is 2.30. The molecule has 3 rings (SSSR count). The van der Waals surface area contributed by atoms with E-state index in [0.717, 1.165) is 19.5 Å². The third-order valence-corrected chi connectivity index (χ3v) is 4.22. The van der Waals surface area contributed by atoms with Crippen molar-refractivity contribution < 1.29 is 0 Å². The molecule has 2 nitrogen and oxygen atoms in total. The van der Waals surface area contributed by atoms with Crippen molar-refractivity contribution in [3.8, 4) is 0 Å². The fraction of sp³-hybridized carbons (Fsp3) is 0.462. The van der Waals surface area contributed by atoms with E-state index in [1.165, 1.54) is 22.7 Å². The molecule has 0 radical (unpaired) electrons. The minimum Gasteiger partial charge on any atom is -0.344 e. The van der Waals surface area contributed by atoms with Crippen LogP contribution in [0.5, 0.6) is 0 Å². The van der Waals surface area contributed by atoms with Crippen LogP contribution in [0.2, 0.25) is 0 Å². The lowest BCUT2D eigenvalue weighted by Gasteiger charge is -2.41. The molecule has 92 valence electrons. The summed E-state index contributed by atoms with van der Waals surface area (Å²) < 4.78 is 0. The average Bonchev–Trinajstić information content (AvgIpc) is 2.37. The van der Waals surface area contributed by atoms with Crippen molar-refractivity contribution in [1.82, 2.24) is 4.90 Å². The largest absolute Gasteiger partial charge is 0.344 e. The zero-order valence-electron chi connectivity index (χ0n) is 9.93. The highest BCUT2D eigenvalue weighted by atomic mass is 127. The number of rotatable bonds is 0. The summed E-state index contributed by atoms with van der Waals surface area (Å²) in [5.74, 6) is 0. The van der Waals surface area contributed by atoms with Gasteiger partial charge in [0.05, 0.1) is 6.04 Å². The maximum absolute atomic E-state index is 4.61. The van der Waals surface area contributed by atoms with Crippen LogP contribution >= 0.6 is 35.7 Å². The summed E-state index contributed by atoms with van der Waals surface area (Å²) in [5.41, 5.74) is 3.06. The zero-order valence-corrected chi connectivity index (χ0v) is 13.1. The highest BCUT2D eigenvalue weighted by Crippen LogP contribution is 2.35. The van der Waals surface area contributed by atoms with E-state index >= 15 is 0 Å².